The lowest BCUT2D eigenvalue weighted by molar-refractivity contribution is 0.0877. The van der Waals surface area contributed by atoms with Gasteiger partial charge in [-0.1, -0.05) is 19.3 Å². The molecule has 0 spiro atoms. The smallest absolute Gasteiger partial charge is 0.271 e. The van der Waals surface area contributed by atoms with Gasteiger partial charge in [-0.15, -0.1) is 0 Å². The van der Waals surface area contributed by atoms with Crippen molar-refractivity contribution >= 4 is 11.7 Å². The Kier molecular flexibility index (Phi) is 3.76. The summed E-state index contributed by atoms with van der Waals surface area (Å²) in [6, 6.07) is 0. The lowest BCUT2D eigenvalue weighted by Crippen LogP contribution is -2.47. The molecule has 0 bridgehead atoms. The maximum Gasteiger partial charge on any atom is 0.271 e. The number of carbonyl (C=O) groups is 1. The molecule has 1 heterocycles. The standard InChI is InChI=1S/C12H19N5O/c1-12(5-3-2-4-6-12)16-11(18)9-7-14-8-10(15-9)17-13/h7-8H,2-6,13H2,1H3,(H,15,17)(H,16,18). The third kappa shape index (κ3) is 2.95. The second-order valence-corrected chi connectivity index (χ2v) is 5.01. The van der Waals surface area contributed by atoms with Gasteiger partial charge in [0.15, 0.2) is 5.82 Å². The predicted octanol–water partition coefficient (Wildman–Crippen LogP) is 1.21. The largest absolute Gasteiger partial charge is 0.345 e. The highest BCUT2D eigenvalue weighted by Gasteiger charge is 2.29. The van der Waals surface area contributed by atoms with E-state index in [1.165, 1.54) is 18.8 Å². The van der Waals surface area contributed by atoms with Gasteiger partial charge in [0.05, 0.1) is 12.4 Å². The number of hydrogen-bond acceptors (Lipinski definition) is 5. The third-order valence-electron chi connectivity index (χ3n) is 3.39. The van der Waals surface area contributed by atoms with Crippen molar-refractivity contribution in [3.05, 3.63) is 18.1 Å². The van der Waals surface area contributed by atoms with Gasteiger partial charge < -0.3 is 10.7 Å². The van der Waals surface area contributed by atoms with E-state index in [0.717, 1.165) is 25.7 Å². The Morgan fingerprint density at radius 2 is 2.06 bits per heavy atom. The SMILES string of the molecule is CC1(NC(=O)c2cncc(NN)n2)CCCCC1. The molecule has 0 unspecified atom stereocenters. The van der Waals surface area contributed by atoms with E-state index in [0.29, 0.717) is 5.82 Å². The van der Waals surface area contributed by atoms with E-state index < -0.39 is 0 Å². The fourth-order valence-corrected chi connectivity index (χ4v) is 2.34. The van der Waals surface area contributed by atoms with Gasteiger partial charge in [-0.2, -0.15) is 0 Å². The number of hydrogen-bond donors (Lipinski definition) is 3. The van der Waals surface area contributed by atoms with Crippen molar-refractivity contribution < 1.29 is 4.79 Å². The zero-order chi connectivity index (χ0) is 13.0. The number of aromatic nitrogens is 2. The van der Waals surface area contributed by atoms with Gasteiger partial charge in [0.1, 0.15) is 5.69 Å². The molecule has 98 valence electrons. The average molecular weight is 249 g/mol. The molecule has 4 N–H and O–H groups in total. The molecular formula is C12H19N5O. The molecule has 6 nitrogen and oxygen atoms in total. The minimum Gasteiger partial charge on any atom is -0.345 e. The monoisotopic (exact) mass is 249 g/mol. The van der Waals surface area contributed by atoms with Gasteiger partial charge in [0, 0.05) is 5.54 Å². The number of anilines is 1. The van der Waals surface area contributed by atoms with E-state index in [1.807, 2.05) is 0 Å². The summed E-state index contributed by atoms with van der Waals surface area (Å²) in [4.78, 5) is 20.1. The van der Waals surface area contributed by atoms with Crippen molar-refractivity contribution in [2.45, 2.75) is 44.6 Å². The quantitative estimate of drug-likeness (QED) is 0.553. The average Bonchev–Trinajstić information content (AvgIpc) is 2.39. The molecule has 1 aliphatic rings. The summed E-state index contributed by atoms with van der Waals surface area (Å²) < 4.78 is 0. The fraction of sp³-hybridized carbons (Fsp3) is 0.583. The lowest BCUT2D eigenvalue weighted by atomic mass is 9.83. The van der Waals surface area contributed by atoms with Crippen LogP contribution in [-0.2, 0) is 0 Å². The van der Waals surface area contributed by atoms with Crippen molar-refractivity contribution in [2.75, 3.05) is 5.43 Å². The summed E-state index contributed by atoms with van der Waals surface area (Å²) in [5, 5.41) is 3.05. The number of nitrogens with one attached hydrogen (secondary N) is 2. The number of rotatable bonds is 3. The topological polar surface area (TPSA) is 92.9 Å². The molecule has 0 aromatic carbocycles. The summed E-state index contributed by atoms with van der Waals surface area (Å²) in [7, 11) is 0. The molecule has 1 saturated carbocycles. The summed E-state index contributed by atoms with van der Waals surface area (Å²) in [6.07, 6.45) is 8.51. The molecule has 1 fully saturated rings. The van der Waals surface area contributed by atoms with Crippen molar-refractivity contribution in [3.8, 4) is 0 Å². The first-order valence-corrected chi connectivity index (χ1v) is 6.24. The third-order valence-corrected chi connectivity index (χ3v) is 3.39. The van der Waals surface area contributed by atoms with Gasteiger partial charge in [0.2, 0.25) is 0 Å². The molecule has 1 aromatic rings. The van der Waals surface area contributed by atoms with E-state index in [-0.39, 0.29) is 17.1 Å². The second-order valence-electron chi connectivity index (χ2n) is 5.01. The second kappa shape index (κ2) is 5.30. The lowest BCUT2D eigenvalue weighted by Gasteiger charge is -2.34. The van der Waals surface area contributed by atoms with Crippen molar-refractivity contribution in [1.29, 1.82) is 0 Å². The minimum absolute atomic E-state index is 0.122. The number of carbonyl (C=O) groups excluding carboxylic acids is 1. The highest BCUT2D eigenvalue weighted by molar-refractivity contribution is 5.92. The summed E-state index contributed by atoms with van der Waals surface area (Å²) in [5.41, 5.74) is 2.55. The van der Waals surface area contributed by atoms with Crippen LogP contribution in [0.4, 0.5) is 5.82 Å². The van der Waals surface area contributed by atoms with Gasteiger partial charge >= 0.3 is 0 Å². The van der Waals surface area contributed by atoms with Gasteiger partial charge in [0.25, 0.3) is 5.91 Å². The molecule has 0 aliphatic heterocycles. The van der Waals surface area contributed by atoms with Gasteiger partial charge in [-0.05, 0) is 19.8 Å². The van der Waals surface area contributed by atoms with E-state index in [2.05, 4.69) is 27.6 Å². The zero-order valence-corrected chi connectivity index (χ0v) is 10.6. The van der Waals surface area contributed by atoms with Crippen LogP contribution in [0.1, 0.15) is 49.5 Å². The Balaban J connectivity index is 2.06. The van der Waals surface area contributed by atoms with E-state index in [4.69, 9.17) is 5.84 Å². The number of nitrogens with two attached hydrogens (primary N) is 1. The zero-order valence-electron chi connectivity index (χ0n) is 10.6. The van der Waals surface area contributed by atoms with Crippen LogP contribution in [0.15, 0.2) is 12.4 Å². The van der Waals surface area contributed by atoms with Crippen LogP contribution >= 0.6 is 0 Å². The Morgan fingerprint density at radius 1 is 1.33 bits per heavy atom. The maximum absolute atomic E-state index is 12.1. The predicted molar refractivity (Wildman–Crippen MR) is 68.8 cm³/mol. The van der Waals surface area contributed by atoms with Crippen LogP contribution in [0.2, 0.25) is 0 Å². The number of amides is 1. The van der Waals surface area contributed by atoms with E-state index >= 15 is 0 Å². The molecule has 0 radical (unpaired) electrons. The molecule has 2 rings (SSSR count). The number of nitrogens with zero attached hydrogens (tertiary/aromatic N) is 2. The van der Waals surface area contributed by atoms with Crippen LogP contribution in [0.3, 0.4) is 0 Å². The van der Waals surface area contributed by atoms with Crippen LogP contribution in [-0.4, -0.2) is 21.4 Å². The molecule has 0 saturated heterocycles. The molecular weight excluding hydrogens is 230 g/mol. The Hall–Kier alpha value is -1.69. The molecule has 0 atom stereocenters. The summed E-state index contributed by atoms with van der Waals surface area (Å²) in [5.74, 6) is 5.44. The maximum atomic E-state index is 12.1. The molecule has 1 aliphatic carbocycles. The normalized spacial score (nSPS) is 18.1. The first-order valence-electron chi connectivity index (χ1n) is 6.24. The molecule has 1 aromatic heterocycles. The van der Waals surface area contributed by atoms with Crippen LogP contribution in [0.25, 0.3) is 0 Å². The Bertz CT molecular complexity index is 428. The van der Waals surface area contributed by atoms with Crippen molar-refractivity contribution in [1.82, 2.24) is 15.3 Å². The van der Waals surface area contributed by atoms with E-state index in [1.54, 1.807) is 0 Å². The first kappa shape index (κ1) is 12.8. The highest BCUT2D eigenvalue weighted by atomic mass is 16.2. The number of nitrogen functional groups attached to an aromatic ring is 1. The summed E-state index contributed by atoms with van der Waals surface area (Å²) in [6.45, 7) is 2.09. The van der Waals surface area contributed by atoms with Gasteiger partial charge in [-0.25, -0.2) is 10.8 Å². The van der Waals surface area contributed by atoms with Crippen LogP contribution in [0.5, 0.6) is 0 Å². The fourth-order valence-electron chi connectivity index (χ4n) is 2.34. The number of hydrazine groups is 1. The summed E-state index contributed by atoms with van der Waals surface area (Å²) >= 11 is 0. The molecule has 6 heteroatoms. The van der Waals surface area contributed by atoms with E-state index in [9.17, 15) is 4.79 Å². The molecule has 18 heavy (non-hydrogen) atoms. The first-order chi connectivity index (χ1) is 8.63. The Morgan fingerprint density at radius 3 is 2.72 bits per heavy atom. The van der Waals surface area contributed by atoms with Crippen LogP contribution in [0, 0.1) is 0 Å². The molecule has 1 amide bonds. The minimum atomic E-state index is -0.191. The van der Waals surface area contributed by atoms with Crippen LogP contribution < -0.4 is 16.6 Å². The Labute approximate surface area is 106 Å². The van der Waals surface area contributed by atoms with Crippen molar-refractivity contribution in [3.63, 3.8) is 0 Å². The van der Waals surface area contributed by atoms with Gasteiger partial charge in [-0.3, -0.25) is 9.78 Å². The highest BCUT2D eigenvalue weighted by Crippen LogP contribution is 2.27. The van der Waals surface area contributed by atoms with Crippen molar-refractivity contribution in [2.24, 2.45) is 5.84 Å².